The molecule has 0 fully saturated rings. The van der Waals surface area contributed by atoms with Crippen LogP contribution in [0.2, 0.25) is 0 Å². The second kappa shape index (κ2) is 8.92. The summed E-state index contributed by atoms with van der Waals surface area (Å²) in [6.45, 7) is 3.78. The fraction of sp³-hybridized carbons (Fsp3) is 0.160. The quantitative estimate of drug-likeness (QED) is 0.372. The molecule has 1 atom stereocenters. The van der Waals surface area contributed by atoms with Gasteiger partial charge in [-0.3, -0.25) is 4.79 Å². The minimum absolute atomic E-state index is 0.117. The molecule has 0 saturated carbocycles. The lowest BCUT2D eigenvalue weighted by Gasteiger charge is -2.12. The molecule has 0 bridgehead atoms. The third kappa shape index (κ3) is 4.16. The third-order valence-corrected chi connectivity index (χ3v) is 9.55. The molecule has 1 aliphatic carbocycles. The molecule has 2 aromatic carbocycles. The average Bonchev–Trinajstić information content (AvgIpc) is 3.18. The van der Waals surface area contributed by atoms with Crippen LogP contribution in [0.5, 0.6) is 0 Å². The molecule has 0 aliphatic heterocycles. The number of rotatable bonds is 4. The van der Waals surface area contributed by atoms with Crippen LogP contribution in [0.3, 0.4) is 0 Å². The van der Waals surface area contributed by atoms with Crippen molar-refractivity contribution in [3.05, 3.63) is 91.4 Å². The number of benzene rings is 2. The van der Waals surface area contributed by atoms with Crippen LogP contribution >= 0.6 is 11.3 Å². The number of thiophene rings is 1. The summed E-state index contributed by atoms with van der Waals surface area (Å²) in [5, 5.41) is 2.84. The molecule has 184 valence electrons. The van der Waals surface area contributed by atoms with Gasteiger partial charge in [0.15, 0.2) is 0 Å². The molecule has 2 heterocycles. The zero-order chi connectivity index (χ0) is 25.6. The van der Waals surface area contributed by atoms with E-state index in [9.17, 15) is 22.8 Å². The number of aromatic amines is 1. The number of H-pyrrole nitrogens is 1. The molecular formula is C25H22N4O5S2. The van der Waals surface area contributed by atoms with E-state index in [0.29, 0.717) is 22.2 Å². The molecule has 0 radical (unpaired) electrons. The molecule has 1 unspecified atom stereocenters. The Morgan fingerprint density at radius 2 is 1.83 bits per heavy atom. The number of sulfonamides is 1. The van der Waals surface area contributed by atoms with E-state index in [1.807, 2.05) is 19.1 Å². The molecule has 5 rings (SSSR count). The Morgan fingerprint density at radius 1 is 1.11 bits per heavy atom. The molecule has 9 nitrogen and oxygen atoms in total. The molecule has 11 heteroatoms. The van der Waals surface area contributed by atoms with Crippen LogP contribution in [0.1, 0.15) is 35.3 Å². The standard InChI is InChI=1S/C25H22N4O5S2/c1-14-6-5-8-18-15(2)23(35-21(14)18)36(33,34)28-24(31)26-16-10-12-17(13-11-16)29-22(30)19-7-3-4-9-20(19)27-25(29)32/h3-5,7-14H,6H2,1-2H3,(H,27,32)(H2,26,28,31). The number of urea groups is 1. The summed E-state index contributed by atoms with van der Waals surface area (Å²) in [5.41, 5.74) is 1.47. The number of anilines is 1. The lowest BCUT2D eigenvalue weighted by Crippen LogP contribution is -2.34. The predicted molar refractivity (Wildman–Crippen MR) is 141 cm³/mol. The van der Waals surface area contributed by atoms with Crippen molar-refractivity contribution >= 4 is 50.1 Å². The SMILES string of the molecule is Cc1c(S(=O)(=O)NC(=O)Nc2ccc(-n3c(=O)[nH]c4ccccc4c3=O)cc2)sc2c1C=CCC2C. The van der Waals surface area contributed by atoms with Gasteiger partial charge in [0.2, 0.25) is 0 Å². The Balaban J connectivity index is 1.35. The van der Waals surface area contributed by atoms with Crippen molar-refractivity contribution in [3.63, 3.8) is 0 Å². The number of nitrogens with one attached hydrogen (secondary N) is 3. The van der Waals surface area contributed by atoms with Crippen LogP contribution in [0.15, 0.2) is 68.4 Å². The van der Waals surface area contributed by atoms with Crippen molar-refractivity contribution in [2.24, 2.45) is 0 Å². The molecule has 2 amide bonds. The van der Waals surface area contributed by atoms with E-state index in [1.165, 1.54) is 35.6 Å². The summed E-state index contributed by atoms with van der Waals surface area (Å²) in [7, 11) is -4.08. The van der Waals surface area contributed by atoms with Crippen LogP contribution < -0.4 is 21.3 Å². The monoisotopic (exact) mass is 522 g/mol. The van der Waals surface area contributed by atoms with Gasteiger partial charge in [0.05, 0.1) is 16.6 Å². The van der Waals surface area contributed by atoms with Crippen LogP contribution in [0, 0.1) is 6.92 Å². The Bertz CT molecular complexity index is 1760. The molecular weight excluding hydrogens is 500 g/mol. The van der Waals surface area contributed by atoms with E-state index in [-0.39, 0.29) is 15.8 Å². The number of fused-ring (bicyclic) bond motifs is 2. The molecule has 2 aromatic heterocycles. The van der Waals surface area contributed by atoms with Crippen molar-refractivity contribution in [2.45, 2.75) is 30.4 Å². The minimum atomic E-state index is -4.08. The summed E-state index contributed by atoms with van der Waals surface area (Å²) in [5.74, 6) is 0.215. The molecule has 0 saturated heterocycles. The van der Waals surface area contributed by atoms with Crippen LogP contribution in [0.4, 0.5) is 10.5 Å². The van der Waals surface area contributed by atoms with Crippen LogP contribution in [0.25, 0.3) is 22.7 Å². The Kier molecular flexibility index (Phi) is 5.89. The fourth-order valence-corrected chi connectivity index (χ4v) is 7.09. The molecule has 36 heavy (non-hydrogen) atoms. The van der Waals surface area contributed by atoms with E-state index in [4.69, 9.17) is 0 Å². The first-order valence-electron chi connectivity index (χ1n) is 11.1. The maximum Gasteiger partial charge on any atom is 0.333 e. The zero-order valence-corrected chi connectivity index (χ0v) is 21.0. The summed E-state index contributed by atoms with van der Waals surface area (Å²) >= 11 is 1.18. The Hall–Kier alpha value is -3.96. The number of para-hydroxylation sites is 1. The number of hydrogen-bond acceptors (Lipinski definition) is 6. The van der Waals surface area contributed by atoms with Gasteiger partial charge < -0.3 is 10.3 Å². The second-order valence-corrected chi connectivity index (χ2v) is 11.5. The highest BCUT2D eigenvalue weighted by atomic mass is 32.2. The molecule has 4 aromatic rings. The summed E-state index contributed by atoms with van der Waals surface area (Å²) in [4.78, 5) is 41.5. The summed E-state index contributed by atoms with van der Waals surface area (Å²) < 4.78 is 29.1. The number of carbonyl (C=O) groups excluding carboxylic acids is 1. The van der Waals surface area contributed by atoms with Gasteiger partial charge in [-0.15, -0.1) is 11.3 Å². The topological polar surface area (TPSA) is 130 Å². The normalized spacial score (nSPS) is 15.0. The van der Waals surface area contributed by atoms with Gasteiger partial charge in [-0.25, -0.2) is 27.3 Å². The van der Waals surface area contributed by atoms with E-state index >= 15 is 0 Å². The number of carbonyl (C=O) groups is 1. The van der Waals surface area contributed by atoms with Gasteiger partial charge in [0.1, 0.15) is 4.21 Å². The summed E-state index contributed by atoms with van der Waals surface area (Å²) in [6.07, 6.45) is 4.79. The number of aromatic nitrogens is 2. The fourth-order valence-electron chi connectivity index (χ4n) is 4.27. The van der Waals surface area contributed by atoms with Crippen molar-refractivity contribution in [1.82, 2.24) is 14.3 Å². The minimum Gasteiger partial charge on any atom is -0.307 e. The third-order valence-electron chi connectivity index (χ3n) is 6.06. The molecule has 0 spiro atoms. The highest BCUT2D eigenvalue weighted by molar-refractivity contribution is 7.92. The highest BCUT2D eigenvalue weighted by Crippen LogP contribution is 2.41. The maximum atomic E-state index is 12.9. The van der Waals surface area contributed by atoms with Crippen molar-refractivity contribution < 1.29 is 13.2 Å². The van der Waals surface area contributed by atoms with Crippen molar-refractivity contribution in [2.75, 3.05) is 5.32 Å². The predicted octanol–water partition coefficient (Wildman–Crippen LogP) is 4.08. The average molecular weight is 523 g/mol. The van der Waals surface area contributed by atoms with E-state index in [2.05, 4.69) is 15.0 Å². The first-order chi connectivity index (χ1) is 17.2. The smallest absolute Gasteiger partial charge is 0.307 e. The first kappa shape index (κ1) is 23.8. The van der Waals surface area contributed by atoms with E-state index in [0.717, 1.165) is 21.4 Å². The van der Waals surface area contributed by atoms with E-state index < -0.39 is 27.3 Å². The number of amides is 2. The molecule has 1 aliphatic rings. The largest absolute Gasteiger partial charge is 0.333 e. The number of hydrogen-bond donors (Lipinski definition) is 3. The lowest BCUT2D eigenvalue weighted by atomic mass is 9.95. The second-order valence-electron chi connectivity index (χ2n) is 8.55. The van der Waals surface area contributed by atoms with Crippen LogP contribution in [-0.4, -0.2) is 24.0 Å². The highest BCUT2D eigenvalue weighted by Gasteiger charge is 2.28. The Labute approximate surface area is 210 Å². The Morgan fingerprint density at radius 3 is 2.56 bits per heavy atom. The number of allylic oxidation sites excluding steroid dienone is 1. The van der Waals surface area contributed by atoms with Gasteiger partial charge in [-0.2, -0.15) is 0 Å². The van der Waals surface area contributed by atoms with Gasteiger partial charge in [0, 0.05) is 10.6 Å². The van der Waals surface area contributed by atoms with E-state index in [1.54, 1.807) is 31.2 Å². The lowest BCUT2D eigenvalue weighted by molar-refractivity contribution is 0.256. The van der Waals surface area contributed by atoms with Crippen molar-refractivity contribution in [3.8, 4) is 5.69 Å². The first-order valence-corrected chi connectivity index (χ1v) is 13.4. The summed E-state index contributed by atoms with van der Waals surface area (Å²) in [6, 6.07) is 11.7. The zero-order valence-electron chi connectivity index (χ0n) is 19.4. The van der Waals surface area contributed by atoms with Gasteiger partial charge >= 0.3 is 11.7 Å². The van der Waals surface area contributed by atoms with Crippen LogP contribution in [-0.2, 0) is 10.0 Å². The van der Waals surface area contributed by atoms with Gasteiger partial charge in [0.25, 0.3) is 15.6 Å². The number of nitrogens with zero attached hydrogens (tertiary/aromatic N) is 1. The van der Waals surface area contributed by atoms with Gasteiger partial charge in [-0.1, -0.05) is 31.2 Å². The van der Waals surface area contributed by atoms with Crippen molar-refractivity contribution in [1.29, 1.82) is 0 Å². The molecule has 3 N–H and O–H groups in total. The van der Waals surface area contributed by atoms with Gasteiger partial charge in [-0.05, 0) is 66.8 Å². The maximum absolute atomic E-state index is 12.9.